The molecule has 2 heterocycles. The predicted molar refractivity (Wildman–Crippen MR) is 54.2 cm³/mol. The van der Waals surface area contributed by atoms with Crippen LogP contribution < -0.4 is 0 Å². The van der Waals surface area contributed by atoms with E-state index in [2.05, 4.69) is 6.58 Å². The summed E-state index contributed by atoms with van der Waals surface area (Å²) in [7, 11) is 0. The molecule has 0 radical (unpaired) electrons. The van der Waals surface area contributed by atoms with E-state index in [0.717, 1.165) is 31.9 Å². The lowest BCUT2D eigenvalue weighted by atomic mass is 10.0. The number of rotatable bonds is 1. The number of nitrogens with zero attached hydrogens (tertiary/aromatic N) is 1. The number of ether oxygens (including phenoxy) is 1. The Bertz CT molecular complexity index is 300. The van der Waals surface area contributed by atoms with Crippen molar-refractivity contribution in [2.45, 2.75) is 44.2 Å². The lowest BCUT2D eigenvalue weighted by Crippen LogP contribution is -2.43. The first kappa shape index (κ1) is 10.2. The van der Waals surface area contributed by atoms with Crippen LogP contribution in [0, 0.1) is 0 Å². The Labute approximate surface area is 88.9 Å². The molecule has 0 aliphatic carbocycles. The van der Waals surface area contributed by atoms with Gasteiger partial charge in [0.25, 0.3) is 0 Å². The van der Waals surface area contributed by atoms with Crippen LogP contribution in [0.4, 0.5) is 4.79 Å². The maximum Gasteiger partial charge on any atom is 0.415 e. The van der Waals surface area contributed by atoms with E-state index in [9.17, 15) is 9.59 Å². The maximum atomic E-state index is 11.7. The third-order valence-electron chi connectivity index (χ3n) is 3.23. The van der Waals surface area contributed by atoms with Crippen LogP contribution in [0.5, 0.6) is 0 Å². The van der Waals surface area contributed by atoms with Crippen LogP contribution >= 0.6 is 0 Å². The molecule has 0 saturated carbocycles. The Kier molecular flexibility index (Phi) is 2.75. The second-order valence-electron chi connectivity index (χ2n) is 4.06. The van der Waals surface area contributed by atoms with Crippen molar-refractivity contribution in [2.24, 2.45) is 0 Å². The van der Waals surface area contributed by atoms with Crippen molar-refractivity contribution < 1.29 is 14.3 Å². The molecule has 0 aromatic carbocycles. The third kappa shape index (κ3) is 1.76. The zero-order chi connectivity index (χ0) is 10.8. The van der Waals surface area contributed by atoms with Gasteiger partial charge in [-0.25, -0.2) is 4.79 Å². The van der Waals surface area contributed by atoms with Crippen molar-refractivity contribution >= 4 is 11.9 Å². The fraction of sp³-hybridized carbons (Fsp3) is 0.636. The van der Waals surface area contributed by atoms with E-state index in [1.54, 1.807) is 4.90 Å². The molecule has 0 aromatic rings. The molecular formula is C11H15NO3. The number of carbonyl (C=O) groups is 2. The molecule has 0 spiro atoms. The molecule has 2 saturated heterocycles. The van der Waals surface area contributed by atoms with Crippen LogP contribution in [-0.2, 0) is 9.53 Å². The number of fused-ring (bicyclic) bond motifs is 2. The van der Waals surface area contributed by atoms with Gasteiger partial charge in [0.1, 0.15) is 0 Å². The first-order valence-electron chi connectivity index (χ1n) is 5.36. The van der Waals surface area contributed by atoms with Crippen molar-refractivity contribution in [1.82, 2.24) is 4.90 Å². The van der Waals surface area contributed by atoms with Crippen LogP contribution in [-0.4, -0.2) is 28.9 Å². The van der Waals surface area contributed by atoms with Crippen molar-refractivity contribution in [3.8, 4) is 0 Å². The van der Waals surface area contributed by atoms with Gasteiger partial charge in [0.05, 0.1) is 12.3 Å². The van der Waals surface area contributed by atoms with Gasteiger partial charge in [0.2, 0.25) is 0 Å². The topological polar surface area (TPSA) is 46.6 Å². The quantitative estimate of drug-likeness (QED) is 0.619. The minimum atomic E-state index is -0.423. The lowest BCUT2D eigenvalue weighted by molar-refractivity contribution is -0.122. The van der Waals surface area contributed by atoms with Gasteiger partial charge in [0.15, 0.2) is 5.78 Å². The second kappa shape index (κ2) is 4.04. The first-order valence-corrected chi connectivity index (χ1v) is 5.36. The Morgan fingerprint density at radius 2 is 2.27 bits per heavy atom. The molecular weight excluding hydrogens is 194 g/mol. The summed E-state index contributed by atoms with van der Waals surface area (Å²) >= 11 is 0. The highest BCUT2D eigenvalue weighted by atomic mass is 16.5. The molecule has 0 N–H and O–H groups in total. The van der Waals surface area contributed by atoms with Crippen LogP contribution in [0.2, 0.25) is 0 Å². The van der Waals surface area contributed by atoms with E-state index in [0.29, 0.717) is 6.42 Å². The van der Waals surface area contributed by atoms with Gasteiger partial charge in [-0.2, -0.15) is 0 Å². The van der Waals surface area contributed by atoms with E-state index in [4.69, 9.17) is 4.74 Å². The summed E-state index contributed by atoms with van der Waals surface area (Å²) in [6, 6.07) is -0.0566. The van der Waals surface area contributed by atoms with Crippen LogP contribution in [0.3, 0.4) is 0 Å². The highest BCUT2D eigenvalue weighted by molar-refractivity contribution is 5.88. The van der Waals surface area contributed by atoms with Crippen molar-refractivity contribution in [1.29, 1.82) is 0 Å². The van der Waals surface area contributed by atoms with E-state index >= 15 is 0 Å². The molecule has 2 atom stereocenters. The molecule has 0 aromatic heterocycles. The molecule has 82 valence electrons. The van der Waals surface area contributed by atoms with Gasteiger partial charge in [-0.1, -0.05) is 6.58 Å². The fourth-order valence-electron chi connectivity index (χ4n) is 2.57. The van der Waals surface area contributed by atoms with Gasteiger partial charge in [-0.3, -0.25) is 9.69 Å². The number of Topliss-reactive ketones (excluding diaryl/α,β-unsaturated/α-hetero) is 1. The van der Waals surface area contributed by atoms with Crippen LogP contribution in [0.15, 0.2) is 12.8 Å². The summed E-state index contributed by atoms with van der Waals surface area (Å²) in [5.41, 5.74) is 0. The standard InChI is InChI=1S/C11H15NO3/c1-2-15-11(14)12-8-4-3-5-10(13)9(12)7-6-8/h2,8-9H,1,3-7H2/t8-,9-/m1/s1. The minimum absolute atomic E-state index is 0.177. The number of carbonyl (C=O) groups excluding carboxylic acids is 2. The predicted octanol–water partition coefficient (Wildman–Crippen LogP) is 1.85. The molecule has 2 rings (SSSR count). The lowest BCUT2D eigenvalue weighted by Gasteiger charge is -2.25. The van der Waals surface area contributed by atoms with E-state index in [1.807, 2.05) is 0 Å². The SMILES string of the molecule is C=COC(=O)N1[C@@H]2CCCC(=O)[C@H]1CC2. The minimum Gasteiger partial charge on any atom is -0.419 e. The molecule has 2 fully saturated rings. The van der Waals surface area contributed by atoms with Gasteiger partial charge in [0, 0.05) is 12.5 Å². The van der Waals surface area contributed by atoms with E-state index < -0.39 is 6.09 Å². The molecule has 15 heavy (non-hydrogen) atoms. The number of ketones is 1. The zero-order valence-electron chi connectivity index (χ0n) is 8.65. The summed E-state index contributed by atoms with van der Waals surface area (Å²) in [4.78, 5) is 25.0. The Morgan fingerprint density at radius 3 is 3.00 bits per heavy atom. The summed E-state index contributed by atoms with van der Waals surface area (Å²) in [6.45, 7) is 3.35. The van der Waals surface area contributed by atoms with E-state index in [1.165, 1.54) is 0 Å². The number of hydrogen-bond donors (Lipinski definition) is 0. The molecule has 4 heteroatoms. The van der Waals surface area contributed by atoms with Gasteiger partial charge >= 0.3 is 6.09 Å². The monoisotopic (exact) mass is 209 g/mol. The molecule has 2 aliphatic heterocycles. The zero-order valence-corrected chi connectivity index (χ0v) is 8.65. The van der Waals surface area contributed by atoms with E-state index in [-0.39, 0.29) is 17.9 Å². The van der Waals surface area contributed by atoms with Crippen molar-refractivity contribution in [3.05, 3.63) is 12.8 Å². The number of amides is 1. The Morgan fingerprint density at radius 1 is 1.47 bits per heavy atom. The summed E-state index contributed by atoms with van der Waals surface area (Å²) < 4.78 is 4.76. The van der Waals surface area contributed by atoms with Gasteiger partial charge < -0.3 is 4.74 Å². The van der Waals surface area contributed by atoms with Gasteiger partial charge in [-0.05, 0) is 25.7 Å². The normalized spacial score (nSPS) is 29.9. The average Bonchev–Trinajstić information content (AvgIpc) is 2.53. The molecule has 2 aliphatic rings. The Balaban J connectivity index is 2.18. The number of hydrogen-bond acceptors (Lipinski definition) is 3. The fourth-order valence-corrected chi connectivity index (χ4v) is 2.57. The van der Waals surface area contributed by atoms with Crippen molar-refractivity contribution in [3.63, 3.8) is 0 Å². The average molecular weight is 209 g/mol. The largest absolute Gasteiger partial charge is 0.419 e. The Hall–Kier alpha value is -1.32. The van der Waals surface area contributed by atoms with Gasteiger partial charge in [-0.15, -0.1) is 0 Å². The summed E-state index contributed by atoms with van der Waals surface area (Å²) in [5, 5.41) is 0. The van der Waals surface area contributed by atoms with Crippen molar-refractivity contribution in [2.75, 3.05) is 0 Å². The first-order chi connectivity index (χ1) is 7.24. The molecule has 1 amide bonds. The summed E-state index contributed by atoms with van der Waals surface area (Å²) in [6.07, 6.45) is 4.80. The molecule has 2 bridgehead atoms. The molecule has 4 nitrogen and oxygen atoms in total. The second-order valence-corrected chi connectivity index (χ2v) is 4.06. The van der Waals surface area contributed by atoms with Crippen LogP contribution in [0.25, 0.3) is 0 Å². The molecule has 0 unspecified atom stereocenters. The smallest absolute Gasteiger partial charge is 0.415 e. The van der Waals surface area contributed by atoms with Crippen LogP contribution in [0.1, 0.15) is 32.1 Å². The maximum absolute atomic E-state index is 11.7. The highest BCUT2D eigenvalue weighted by Gasteiger charge is 2.42. The summed E-state index contributed by atoms with van der Waals surface area (Å²) in [5.74, 6) is 0.177. The highest BCUT2D eigenvalue weighted by Crippen LogP contribution is 2.32. The third-order valence-corrected chi connectivity index (χ3v) is 3.23.